The van der Waals surface area contributed by atoms with Crippen molar-refractivity contribution >= 4 is 98.4 Å². The van der Waals surface area contributed by atoms with Gasteiger partial charge in [0.15, 0.2) is 0 Å². The Morgan fingerprint density at radius 1 is 0.422 bits per heavy atom. The van der Waals surface area contributed by atoms with E-state index in [-0.39, 0.29) is 22.6 Å². The third kappa shape index (κ3) is 13.9. The van der Waals surface area contributed by atoms with E-state index in [2.05, 4.69) is 40.6 Å². The predicted octanol–water partition coefficient (Wildman–Crippen LogP) is 6.40. The molecular weight excluding hydrogens is 1160 g/mol. The third-order valence-corrected chi connectivity index (χ3v) is 23.0. The summed E-state index contributed by atoms with van der Waals surface area (Å²) in [6.07, 6.45) is 3.31. The first-order chi connectivity index (χ1) is 40.0. The molecule has 3 amide bonds. The highest BCUT2D eigenvalue weighted by atomic mass is 32.3. The Bertz CT molecular complexity index is 3850. The topological polar surface area (TPSA) is 235 Å². The summed E-state index contributed by atoms with van der Waals surface area (Å²) >= 11 is 2.49. The molecule has 0 bridgehead atoms. The lowest BCUT2D eigenvalue weighted by Crippen LogP contribution is -2.48. The third-order valence-electron chi connectivity index (χ3n) is 14.3. The van der Waals surface area contributed by atoms with Gasteiger partial charge >= 0.3 is 0 Å². The molecule has 0 aliphatic carbocycles. The molecule has 0 saturated carbocycles. The van der Waals surface area contributed by atoms with Crippen molar-refractivity contribution in [2.45, 2.75) is 13.3 Å². The average Bonchev–Trinajstić information content (AvgIpc) is 4.48. The number of fused-ring (bicyclic) bond motifs is 1. The molecule has 0 radical (unpaired) electrons. The molecule has 3 aliphatic heterocycles. The van der Waals surface area contributed by atoms with Gasteiger partial charge < -0.3 is 30.7 Å². The highest BCUT2D eigenvalue weighted by Gasteiger charge is 2.33. The van der Waals surface area contributed by atoms with Gasteiger partial charge in [-0.3, -0.25) is 24.4 Å². The van der Waals surface area contributed by atoms with Gasteiger partial charge in [0, 0.05) is 151 Å². The van der Waals surface area contributed by atoms with Crippen molar-refractivity contribution < 1.29 is 39.6 Å². The SMILES string of the molecule is CNC(=O)c1ccc(N2CCN(S(=O)(=O)c3ccc(-c4ccccn4)s3)CC2)cc1.CNC(=O)c1ccc(N2CCN(S(=O)(=O)c3cccc4cccnc34)CC2)cc1.CNC(=O)c1ccc(N2CCN(S(=O)(=O)c3cccs3)CC2)cc1. The van der Waals surface area contributed by atoms with Crippen molar-refractivity contribution in [3.05, 3.63) is 180 Å². The number of sulfonamides is 3. The first-order valence-electron chi connectivity index (χ1n) is 26.6. The molecule has 0 spiro atoms. The first kappa shape index (κ1) is 60.0. The van der Waals surface area contributed by atoms with Gasteiger partial charge in [0.1, 0.15) is 13.3 Å². The van der Waals surface area contributed by atoms with Crippen LogP contribution >= 0.6 is 22.7 Å². The number of thiophene rings is 2. The Balaban J connectivity index is 0.000000151. The van der Waals surface area contributed by atoms with Crippen LogP contribution in [0.1, 0.15) is 31.1 Å². The number of benzene rings is 4. The van der Waals surface area contributed by atoms with Gasteiger partial charge in [-0.2, -0.15) is 12.9 Å². The molecule has 0 unspecified atom stereocenters. The smallest absolute Gasteiger partial charge is 0.252 e. The van der Waals surface area contributed by atoms with Gasteiger partial charge in [-0.25, -0.2) is 25.3 Å². The van der Waals surface area contributed by atoms with Crippen LogP contribution in [0.3, 0.4) is 0 Å². The monoisotopic (exact) mass is 1220 g/mol. The van der Waals surface area contributed by atoms with Crippen molar-refractivity contribution in [3.63, 3.8) is 0 Å². The second-order valence-electron chi connectivity index (χ2n) is 19.1. The fourth-order valence-electron chi connectivity index (χ4n) is 9.66. The number of pyridine rings is 2. The highest BCUT2D eigenvalue weighted by Crippen LogP contribution is 2.33. The summed E-state index contributed by atoms with van der Waals surface area (Å²) < 4.78 is 83.0. The van der Waals surface area contributed by atoms with Gasteiger partial charge in [0.05, 0.1) is 16.1 Å². The van der Waals surface area contributed by atoms with Crippen LogP contribution < -0.4 is 30.7 Å². The summed E-state index contributed by atoms with van der Waals surface area (Å²) in [5.74, 6) is -0.372. The normalized spacial score (nSPS) is 15.5. The Morgan fingerprint density at radius 3 is 1.28 bits per heavy atom. The van der Waals surface area contributed by atoms with Crippen LogP contribution in [0.2, 0.25) is 0 Å². The van der Waals surface area contributed by atoms with E-state index in [9.17, 15) is 39.6 Å². The van der Waals surface area contributed by atoms with E-state index in [0.717, 1.165) is 33.0 Å². The van der Waals surface area contributed by atoms with E-state index >= 15 is 0 Å². The standard InChI is InChI=1S/C21H22N4O3S2.C21H22N4O3S.C16H19N3O3S2/c1-22-21(26)16-5-7-17(8-6-16)24-12-14-25(15-13-24)30(27,28)20-10-9-19(29-20)18-4-2-3-11-23-18;1-22-21(26)17-7-9-18(10-8-17)24-12-14-25(15-13-24)29(27,28)19-6-2-4-16-5-3-11-23-20(16)19;1-17-16(20)13-4-6-14(7-5-13)18-8-10-19(11-9-18)24(21,22)15-3-2-12-23-15/h2-11H,12-15H2,1H3,(H,22,26);2-11H,12-15H2,1H3,(H,22,26);2-7,12H,8-11H2,1H3,(H,17,20). The van der Waals surface area contributed by atoms with E-state index in [4.69, 9.17) is 0 Å². The predicted molar refractivity (Wildman–Crippen MR) is 326 cm³/mol. The van der Waals surface area contributed by atoms with Crippen LogP contribution in [-0.4, -0.2) is 166 Å². The number of rotatable bonds is 13. The molecule has 3 saturated heterocycles. The van der Waals surface area contributed by atoms with E-state index in [1.165, 1.54) is 35.6 Å². The van der Waals surface area contributed by atoms with Gasteiger partial charge in [-0.05, 0) is 121 Å². The number of carbonyl (C=O) groups excluding carboxylic acids is 3. The fourth-order valence-corrected chi connectivity index (χ4v) is 16.7. The molecule has 434 valence electrons. The largest absolute Gasteiger partial charge is 0.369 e. The second kappa shape index (κ2) is 26.7. The van der Waals surface area contributed by atoms with Crippen LogP contribution in [-0.2, 0) is 30.1 Å². The molecule has 4 aromatic carbocycles. The number of nitrogens with one attached hydrogen (secondary N) is 3. The minimum Gasteiger partial charge on any atom is -0.369 e. The van der Waals surface area contributed by atoms with Crippen molar-refractivity contribution in [1.29, 1.82) is 0 Å². The molecule has 11 rings (SSSR count). The van der Waals surface area contributed by atoms with Crippen LogP contribution in [0, 0.1) is 0 Å². The number of nitrogens with zero attached hydrogens (tertiary/aromatic N) is 8. The van der Waals surface area contributed by atoms with Crippen molar-refractivity contribution in [2.24, 2.45) is 0 Å². The number of aromatic nitrogens is 2. The van der Waals surface area contributed by atoms with E-state index < -0.39 is 30.1 Å². The summed E-state index contributed by atoms with van der Waals surface area (Å²) in [5.41, 5.74) is 6.03. The molecule has 3 fully saturated rings. The minimum absolute atomic E-state index is 0.117. The van der Waals surface area contributed by atoms with Gasteiger partial charge in [-0.15, -0.1) is 22.7 Å². The number of anilines is 3. The molecule has 4 aromatic heterocycles. The number of hydrogen-bond donors (Lipinski definition) is 3. The zero-order valence-corrected chi connectivity index (χ0v) is 49.9. The maximum absolute atomic E-state index is 13.2. The minimum atomic E-state index is -3.62. The second-order valence-corrected chi connectivity index (χ2v) is 27.4. The number of hydrogen-bond acceptors (Lipinski definition) is 16. The number of para-hydroxylation sites is 1. The van der Waals surface area contributed by atoms with E-state index in [1.54, 1.807) is 112 Å². The van der Waals surface area contributed by atoms with Crippen molar-refractivity contribution in [1.82, 2.24) is 38.8 Å². The summed E-state index contributed by atoms with van der Waals surface area (Å²) in [6, 6.07) is 43.4. The molecule has 20 nitrogen and oxygen atoms in total. The Labute approximate surface area is 492 Å². The molecule has 3 aliphatic rings. The molecule has 7 heterocycles. The lowest BCUT2D eigenvalue weighted by Gasteiger charge is -2.35. The van der Waals surface area contributed by atoms with E-state index in [0.29, 0.717) is 109 Å². The summed E-state index contributed by atoms with van der Waals surface area (Å²) in [6.45, 7) is 6.13. The number of carbonyl (C=O) groups is 3. The van der Waals surface area contributed by atoms with Gasteiger partial charge in [0.2, 0.25) is 10.0 Å². The summed E-state index contributed by atoms with van der Waals surface area (Å²) in [7, 11) is -5.73. The van der Waals surface area contributed by atoms with Crippen LogP contribution in [0.25, 0.3) is 21.5 Å². The van der Waals surface area contributed by atoms with Crippen LogP contribution in [0.4, 0.5) is 17.1 Å². The first-order valence-corrected chi connectivity index (χ1v) is 32.6. The van der Waals surface area contributed by atoms with Gasteiger partial charge in [0.25, 0.3) is 37.8 Å². The Hall–Kier alpha value is -7.62. The van der Waals surface area contributed by atoms with Crippen LogP contribution in [0.5, 0.6) is 0 Å². The van der Waals surface area contributed by atoms with Gasteiger partial charge in [-0.1, -0.05) is 30.3 Å². The molecule has 83 heavy (non-hydrogen) atoms. The zero-order valence-electron chi connectivity index (χ0n) is 45.9. The lowest BCUT2D eigenvalue weighted by atomic mass is 10.1. The van der Waals surface area contributed by atoms with E-state index in [1.807, 2.05) is 72.8 Å². The molecule has 3 N–H and O–H groups in total. The molecule has 25 heteroatoms. The number of piperazine rings is 3. The maximum Gasteiger partial charge on any atom is 0.252 e. The molecular formula is C58H63N11O9S5. The fraction of sp³-hybridized carbons (Fsp3) is 0.259. The molecule has 0 atom stereocenters. The Morgan fingerprint density at radius 2 is 0.855 bits per heavy atom. The maximum atomic E-state index is 13.2. The highest BCUT2D eigenvalue weighted by molar-refractivity contribution is 7.91. The Kier molecular flexibility index (Phi) is 19.3. The number of amides is 3. The zero-order chi connectivity index (χ0) is 58.7. The van der Waals surface area contributed by atoms with Crippen molar-refractivity contribution in [2.75, 3.05) is 114 Å². The lowest BCUT2D eigenvalue weighted by molar-refractivity contribution is 0.0955. The quantitative estimate of drug-likeness (QED) is 0.113. The van der Waals surface area contributed by atoms with Crippen LogP contribution in [0.15, 0.2) is 177 Å². The summed E-state index contributed by atoms with van der Waals surface area (Å²) in [5, 5.41) is 10.4. The average molecular weight is 1220 g/mol. The van der Waals surface area contributed by atoms with Crippen molar-refractivity contribution in [3.8, 4) is 10.6 Å². The summed E-state index contributed by atoms with van der Waals surface area (Å²) in [4.78, 5) is 51.0. The molecule has 8 aromatic rings.